The molecule has 0 aromatic heterocycles. The van der Waals surface area contributed by atoms with Gasteiger partial charge in [0.2, 0.25) is 0 Å². The van der Waals surface area contributed by atoms with Crippen molar-refractivity contribution in [3.05, 3.63) is 34.9 Å². The van der Waals surface area contributed by atoms with Crippen LogP contribution in [0.4, 0.5) is 0 Å². The van der Waals surface area contributed by atoms with Gasteiger partial charge in [-0.05, 0) is 65.2 Å². The van der Waals surface area contributed by atoms with Crippen LogP contribution < -0.4 is 0 Å². The van der Waals surface area contributed by atoms with E-state index in [2.05, 4.69) is 52.8 Å². The Balaban J connectivity index is 2.61. The van der Waals surface area contributed by atoms with Gasteiger partial charge in [0, 0.05) is 5.92 Å². The molecule has 0 radical (unpaired) electrons. The maximum absolute atomic E-state index is 11.4. The van der Waals surface area contributed by atoms with Crippen LogP contribution in [-0.4, -0.2) is 6.29 Å². The van der Waals surface area contributed by atoms with Crippen molar-refractivity contribution < 1.29 is 4.79 Å². The van der Waals surface area contributed by atoms with Crippen molar-refractivity contribution in [1.29, 1.82) is 0 Å². The largest absolute Gasteiger partial charge is 0.303 e. The van der Waals surface area contributed by atoms with Crippen LogP contribution >= 0.6 is 0 Å². The lowest BCUT2D eigenvalue weighted by Gasteiger charge is -2.32. The Hall–Kier alpha value is -1.11. The normalized spacial score (nSPS) is 26.9. The topological polar surface area (TPSA) is 17.1 Å². The molecule has 0 aromatic rings. The molecule has 20 heavy (non-hydrogen) atoms. The first-order valence-electron chi connectivity index (χ1n) is 7.86. The summed E-state index contributed by atoms with van der Waals surface area (Å²) in [7, 11) is 0. The highest BCUT2D eigenvalue weighted by Crippen LogP contribution is 2.36. The fourth-order valence-electron chi connectivity index (χ4n) is 2.97. The van der Waals surface area contributed by atoms with Crippen LogP contribution in [0.3, 0.4) is 0 Å². The second-order valence-corrected chi connectivity index (χ2v) is 6.59. The van der Waals surface area contributed by atoms with E-state index in [-0.39, 0.29) is 5.92 Å². The molecule has 0 fully saturated rings. The van der Waals surface area contributed by atoms with Crippen molar-refractivity contribution in [3.63, 3.8) is 0 Å². The molecule has 0 spiro atoms. The minimum absolute atomic E-state index is 0.196. The maximum Gasteiger partial charge on any atom is 0.123 e. The van der Waals surface area contributed by atoms with Gasteiger partial charge in [-0.2, -0.15) is 0 Å². The number of carbonyl (C=O) groups excluding carboxylic acids is 1. The van der Waals surface area contributed by atoms with Gasteiger partial charge in [-0.25, -0.2) is 0 Å². The smallest absolute Gasteiger partial charge is 0.123 e. The molecule has 0 N–H and O–H groups in total. The number of allylic oxidation sites excluding steroid dienone is 6. The molecule has 0 aliphatic heterocycles. The minimum atomic E-state index is 0.196. The van der Waals surface area contributed by atoms with E-state index in [1.165, 1.54) is 23.0 Å². The Morgan fingerprint density at radius 3 is 2.60 bits per heavy atom. The molecule has 1 aliphatic rings. The van der Waals surface area contributed by atoms with Crippen LogP contribution in [0.1, 0.15) is 60.3 Å². The fourth-order valence-corrected chi connectivity index (χ4v) is 2.97. The maximum atomic E-state index is 11.4. The molecular formula is C19H30O. The van der Waals surface area contributed by atoms with Crippen molar-refractivity contribution >= 4 is 6.29 Å². The van der Waals surface area contributed by atoms with Gasteiger partial charge in [0.15, 0.2) is 0 Å². The average molecular weight is 274 g/mol. The first kappa shape index (κ1) is 16.9. The van der Waals surface area contributed by atoms with Crippen molar-refractivity contribution in [2.24, 2.45) is 17.8 Å². The van der Waals surface area contributed by atoms with Crippen molar-refractivity contribution in [1.82, 2.24) is 0 Å². The quantitative estimate of drug-likeness (QED) is 0.462. The Labute approximate surface area is 124 Å². The molecule has 0 amide bonds. The van der Waals surface area contributed by atoms with Gasteiger partial charge in [-0.15, -0.1) is 0 Å². The van der Waals surface area contributed by atoms with E-state index in [0.29, 0.717) is 11.8 Å². The average Bonchev–Trinajstić information content (AvgIpc) is 2.39. The van der Waals surface area contributed by atoms with Gasteiger partial charge in [0.1, 0.15) is 6.29 Å². The van der Waals surface area contributed by atoms with Crippen molar-refractivity contribution in [2.75, 3.05) is 0 Å². The molecule has 1 aliphatic carbocycles. The number of carbonyl (C=O) groups is 1. The summed E-state index contributed by atoms with van der Waals surface area (Å²) in [4.78, 5) is 11.4. The molecule has 3 unspecified atom stereocenters. The van der Waals surface area contributed by atoms with Crippen LogP contribution in [0.5, 0.6) is 0 Å². The summed E-state index contributed by atoms with van der Waals surface area (Å²) < 4.78 is 0. The molecule has 1 nitrogen and oxygen atoms in total. The zero-order valence-corrected chi connectivity index (χ0v) is 13.8. The summed E-state index contributed by atoms with van der Waals surface area (Å²) in [5.41, 5.74) is 4.23. The molecule has 0 saturated carbocycles. The van der Waals surface area contributed by atoms with Crippen LogP contribution in [-0.2, 0) is 4.79 Å². The molecule has 0 bridgehead atoms. The molecule has 1 rings (SSSR count). The molecule has 0 heterocycles. The molecular weight excluding hydrogens is 244 g/mol. The Bertz CT molecular complexity index is 407. The molecule has 112 valence electrons. The lowest BCUT2D eigenvalue weighted by Crippen LogP contribution is -2.27. The Kier molecular flexibility index (Phi) is 6.98. The van der Waals surface area contributed by atoms with E-state index in [0.717, 1.165) is 25.7 Å². The molecule has 0 aromatic carbocycles. The number of rotatable bonds is 6. The first-order chi connectivity index (χ1) is 9.45. The molecule has 0 saturated heterocycles. The second kappa shape index (κ2) is 8.24. The number of aldehydes is 1. The standard InChI is InChI=1S/C19H30O/c1-14(2)7-6-8-15(3)9-12-18-16(4)10-11-17(5)19(18)13-20/h7,9-10,13,17-19H,6,8,11-12H2,1-5H3/b15-9+. The lowest BCUT2D eigenvalue weighted by molar-refractivity contribution is -0.113. The summed E-state index contributed by atoms with van der Waals surface area (Å²) in [5, 5.41) is 0. The second-order valence-electron chi connectivity index (χ2n) is 6.59. The van der Waals surface area contributed by atoms with Crippen LogP contribution in [0, 0.1) is 17.8 Å². The van der Waals surface area contributed by atoms with E-state index in [4.69, 9.17) is 0 Å². The van der Waals surface area contributed by atoms with E-state index in [1.807, 2.05) is 0 Å². The highest BCUT2D eigenvalue weighted by molar-refractivity contribution is 5.56. The summed E-state index contributed by atoms with van der Waals surface area (Å²) >= 11 is 0. The third-order valence-electron chi connectivity index (χ3n) is 4.49. The summed E-state index contributed by atoms with van der Waals surface area (Å²) in [6, 6.07) is 0. The van der Waals surface area contributed by atoms with Gasteiger partial charge < -0.3 is 4.79 Å². The zero-order valence-electron chi connectivity index (χ0n) is 13.8. The summed E-state index contributed by atoms with van der Waals surface area (Å²) in [6.45, 7) is 10.9. The van der Waals surface area contributed by atoms with Crippen molar-refractivity contribution in [2.45, 2.75) is 60.3 Å². The monoisotopic (exact) mass is 274 g/mol. The Morgan fingerprint density at radius 2 is 2.00 bits per heavy atom. The van der Waals surface area contributed by atoms with Crippen molar-refractivity contribution in [3.8, 4) is 0 Å². The highest BCUT2D eigenvalue weighted by atomic mass is 16.1. The predicted octanol–water partition coefficient (Wildman–Crippen LogP) is 5.49. The van der Waals surface area contributed by atoms with E-state index in [9.17, 15) is 4.79 Å². The highest BCUT2D eigenvalue weighted by Gasteiger charge is 2.29. The first-order valence-corrected chi connectivity index (χ1v) is 7.86. The molecule has 1 heteroatoms. The van der Waals surface area contributed by atoms with E-state index in [1.54, 1.807) is 0 Å². The third-order valence-corrected chi connectivity index (χ3v) is 4.49. The van der Waals surface area contributed by atoms with Crippen LogP contribution in [0.15, 0.2) is 34.9 Å². The number of hydrogen-bond acceptors (Lipinski definition) is 1. The lowest BCUT2D eigenvalue weighted by atomic mass is 9.72. The zero-order chi connectivity index (χ0) is 15.1. The van der Waals surface area contributed by atoms with Gasteiger partial charge in [-0.3, -0.25) is 0 Å². The third kappa shape index (κ3) is 5.11. The molecule has 3 atom stereocenters. The minimum Gasteiger partial charge on any atom is -0.303 e. The predicted molar refractivity (Wildman–Crippen MR) is 87.6 cm³/mol. The van der Waals surface area contributed by atoms with Gasteiger partial charge in [-0.1, -0.05) is 41.9 Å². The summed E-state index contributed by atoms with van der Waals surface area (Å²) in [5.74, 6) is 1.09. The van der Waals surface area contributed by atoms with E-state index >= 15 is 0 Å². The number of hydrogen-bond donors (Lipinski definition) is 0. The van der Waals surface area contributed by atoms with E-state index < -0.39 is 0 Å². The summed E-state index contributed by atoms with van der Waals surface area (Å²) in [6.07, 6.45) is 12.4. The van der Waals surface area contributed by atoms with Gasteiger partial charge in [0.25, 0.3) is 0 Å². The van der Waals surface area contributed by atoms with Crippen LogP contribution in [0.2, 0.25) is 0 Å². The van der Waals surface area contributed by atoms with Crippen LogP contribution in [0.25, 0.3) is 0 Å². The fraction of sp³-hybridized carbons (Fsp3) is 0.632. The SMILES string of the molecule is CC(C)=CCC/C(C)=C/CC1C(C)=CCC(C)C1C=O. The van der Waals surface area contributed by atoms with Gasteiger partial charge >= 0.3 is 0 Å². The Morgan fingerprint density at radius 1 is 1.30 bits per heavy atom. The van der Waals surface area contributed by atoms with Gasteiger partial charge in [0.05, 0.1) is 0 Å².